The molecule has 2 heterocycles. The Labute approximate surface area is 131 Å². The van der Waals surface area contributed by atoms with Crippen LogP contribution in [-0.4, -0.2) is 24.1 Å². The number of aromatic nitrogens is 2. The fourth-order valence-electron chi connectivity index (χ4n) is 2.05. The highest BCUT2D eigenvalue weighted by atomic mass is 32.2. The van der Waals surface area contributed by atoms with Crippen molar-refractivity contribution in [2.45, 2.75) is 12.1 Å². The van der Waals surface area contributed by atoms with Gasteiger partial charge in [-0.3, -0.25) is 0 Å². The van der Waals surface area contributed by atoms with Crippen LogP contribution in [0.4, 0.5) is 4.39 Å². The van der Waals surface area contributed by atoms with Gasteiger partial charge in [0.05, 0.1) is 22.0 Å². The second-order valence-corrected chi connectivity index (χ2v) is 7.79. The highest BCUT2D eigenvalue weighted by Gasteiger charge is 2.22. The largest absolute Gasteiger partial charge is 0.328 e. The van der Waals surface area contributed by atoms with E-state index >= 15 is 0 Å². The number of hydrogen-bond acceptors (Lipinski definition) is 4. The fourth-order valence-corrected chi connectivity index (χ4v) is 3.54. The van der Waals surface area contributed by atoms with E-state index in [1.807, 2.05) is 17.5 Å². The van der Waals surface area contributed by atoms with E-state index < -0.39 is 9.84 Å². The number of nitrogens with one attached hydrogen (secondary N) is 1. The highest BCUT2D eigenvalue weighted by Crippen LogP contribution is 2.33. The lowest BCUT2D eigenvalue weighted by Crippen LogP contribution is -2.05. The van der Waals surface area contributed by atoms with E-state index in [-0.39, 0.29) is 16.7 Å². The third kappa shape index (κ3) is 2.69. The average Bonchev–Trinajstić information content (AvgIpc) is 3.17. The van der Waals surface area contributed by atoms with Crippen LogP contribution in [0.1, 0.15) is 6.92 Å². The number of nitrogens with zero attached hydrogens (tertiary/aromatic N) is 1. The number of thiophene rings is 1. The SMILES string of the molecule is CCS(=O)(=O)c1nc(-c2ccc(F)cc2)c(-c2cccs2)[nH]1. The monoisotopic (exact) mass is 336 g/mol. The number of benzene rings is 1. The number of aromatic amines is 1. The lowest BCUT2D eigenvalue weighted by atomic mass is 10.1. The van der Waals surface area contributed by atoms with E-state index in [4.69, 9.17) is 0 Å². The number of rotatable bonds is 4. The first kappa shape index (κ1) is 14.9. The summed E-state index contributed by atoms with van der Waals surface area (Å²) in [6.07, 6.45) is 0. The molecule has 1 N–H and O–H groups in total. The molecule has 7 heteroatoms. The Morgan fingerprint density at radius 2 is 1.95 bits per heavy atom. The molecule has 0 amide bonds. The first-order valence-electron chi connectivity index (χ1n) is 6.64. The molecule has 0 aliphatic rings. The summed E-state index contributed by atoms with van der Waals surface area (Å²) in [4.78, 5) is 8.03. The molecule has 0 saturated heterocycles. The molecular formula is C15H13FN2O2S2. The second kappa shape index (κ2) is 5.66. The van der Waals surface area contributed by atoms with Gasteiger partial charge in [0.25, 0.3) is 0 Å². The molecule has 0 radical (unpaired) electrons. The fraction of sp³-hybridized carbons (Fsp3) is 0.133. The average molecular weight is 336 g/mol. The molecule has 4 nitrogen and oxygen atoms in total. The predicted octanol–water partition coefficient (Wildman–Crippen LogP) is 3.74. The van der Waals surface area contributed by atoms with Gasteiger partial charge in [-0.05, 0) is 35.7 Å². The summed E-state index contributed by atoms with van der Waals surface area (Å²) in [6.45, 7) is 1.57. The molecule has 114 valence electrons. The smallest absolute Gasteiger partial charge is 0.226 e. The minimum absolute atomic E-state index is 0.0345. The van der Waals surface area contributed by atoms with Crippen LogP contribution in [0.5, 0.6) is 0 Å². The van der Waals surface area contributed by atoms with Crippen LogP contribution in [0.2, 0.25) is 0 Å². The van der Waals surface area contributed by atoms with E-state index in [0.717, 1.165) is 4.88 Å². The molecule has 22 heavy (non-hydrogen) atoms. The molecule has 0 unspecified atom stereocenters. The van der Waals surface area contributed by atoms with Crippen LogP contribution >= 0.6 is 11.3 Å². The second-order valence-electron chi connectivity index (χ2n) is 4.65. The van der Waals surface area contributed by atoms with E-state index in [0.29, 0.717) is 17.0 Å². The van der Waals surface area contributed by atoms with Crippen molar-refractivity contribution >= 4 is 21.2 Å². The van der Waals surface area contributed by atoms with Gasteiger partial charge in [0.1, 0.15) is 5.82 Å². The van der Waals surface area contributed by atoms with Crippen LogP contribution in [0.25, 0.3) is 21.8 Å². The van der Waals surface area contributed by atoms with Gasteiger partial charge in [-0.25, -0.2) is 17.8 Å². The first-order chi connectivity index (χ1) is 10.5. The molecule has 0 spiro atoms. The van der Waals surface area contributed by atoms with E-state index in [1.54, 1.807) is 19.1 Å². The molecule has 3 aromatic rings. The van der Waals surface area contributed by atoms with Gasteiger partial charge < -0.3 is 4.98 Å². The Kier molecular flexibility index (Phi) is 3.84. The highest BCUT2D eigenvalue weighted by molar-refractivity contribution is 7.91. The van der Waals surface area contributed by atoms with Crippen LogP contribution in [-0.2, 0) is 9.84 Å². The van der Waals surface area contributed by atoms with Crippen LogP contribution in [0.15, 0.2) is 46.9 Å². The summed E-state index contributed by atoms with van der Waals surface area (Å²) in [5.74, 6) is -0.383. The molecule has 0 bridgehead atoms. The molecule has 0 fully saturated rings. The summed E-state index contributed by atoms with van der Waals surface area (Å²) < 4.78 is 37.2. The van der Waals surface area contributed by atoms with E-state index in [2.05, 4.69) is 9.97 Å². The number of sulfone groups is 1. The Balaban J connectivity index is 2.21. The molecular weight excluding hydrogens is 323 g/mol. The zero-order chi connectivity index (χ0) is 15.7. The van der Waals surface area contributed by atoms with Crippen LogP contribution in [0, 0.1) is 5.82 Å². The van der Waals surface area contributed by atoms with Gasteiger partial charge in [0.2, 0.25) is 15.0 Å². The minimum Gasteiger partial charge on any atom is -0.328 e. The summed E-state index contributed by atoms with van der Waals surface area (Å²) in [5, 5.41) is 1.84. The van der Waals surface area contributed by atoms with Crippen LogP contribution in [0.3, 0.4) is 0 Å². The van der Waals surface area contributed by atoms with Crippen molar-refractivity contribution in [3.05, 3.63) is 47.6 Å². The van der Waals surface area contributed by atoms with E-state index in [1.165, 1.54) is 23.5 Å². The van der Waals surface area contributed by atoms with Crippen molar-refractivity contribution in [2.24, 2.45) is 0 Å². The minimum atomic E-state index is -3.44. The normalized spacial score (nSPS) is 11.7. The Morgan fingerprint density at radius 1 is 1.23 bits per heavy atom. The zero-order valence-electron chi connectivity index (χ0n) is 11.7. The molecule has 1 aromatic carbocycles. The topological polar surface area (TPSA) is 62.8 Å². The van der Waals surface area contributed by atoms with Gasteiger partial charge in [-0.15, -0.1) is 11.3 Å². The van der Waals surface area contributed by atoms with Gasteiger partial charge in [-0.2, -0.15) is 0 Å². The maximum Gasteiger partial charge on any atom is 0.226 e. The summed E-state index contributed by atoms with van der Waals surface area (Å²) in [6, 6.07) is 9.60. The van der Waals surface area contributed by atoms with Gasteiger partial charge in [-0.1, -0.05) is 13.0 Å². The van der Waals surface area contributed by atoms with Crippen molar-refractivity contribution in [3.8, 4) is 21.8 Å². The lowest BCUT2D eigenvalue weighted by Gasteiger charge is -2.00. The predicted molar refractivity (Wildman–Crippen MR) is 85.0 cm³/mol. The quantitative estimate of drug-likeness (QED) is 0.789. The zero-order valence-corrected chi connectivity index (χ0v) is 13.3. The van der Waals surface area contributed by atoms with Crippen molar-refractivity contribution in [3.63, 3.8) is 0 Å². The van der Waals surface area contributed by atoms with Crippen molar-refractivity contribution in [1.82, 2.24) is 9.97 Å². The number of H-pyrrole nitrogens is 1. The third-order valence-corrected chi connectivity index (χ3v) is 5.67. The third-order valence-electron chi connectivity index (χ3n) is 3.24. The molecule has 0 saturated carbocycles. The van der Waals surface area contributed by atoms with Gasteiger partial charge >= 0.3 is 0 Å². The van der Waals surface area contributed by atoms with Crippen LogP contribution < -0.4 is 0 Å². The Morgan fingerprint density at radius 3 is 2.55 bits per heavy atom. The maximum atomic E-state index is 13.1. The van der Waals surface area contributed by atoms with Crippen molar-refractivity contribution in [1.29, 1.82) is 0 Å². The molecule has 3 rings (SSSR count). The van der Waals surface area contributed by atoms with Gasteiger partial charge in [0, 0.05) is 5.56 Å². The number of hydrogen-bond donors (Lipinski definition) is 1. The van der Waals surface area contributed by atoms with Crippen molar-refractivity contribution in [2.75, 3.05) is 5.75 Å². The van der Waals surface area contributed by atoms with E-state index in [9.17, 15) is 12.8 Å². The number of halogens is 1. The Hall–Kier alpha value is -1.99. The summed E-state index contributed by atoms with van der Waals surface area (Å²) in [7, 11) is -3.44. The van der Waals surface area contributed by atoms with Gasteiger partial charge in [0.15, 0.2) is 0 Å². The number of imidazole rings is 1. The standard InChI is InChI=1S/C15H13FN2O2S2/c1-2-22(19,20)15-17-13(10-5-7-11(16)8-6-10)14(18-15)12-4-3-9-21-12/h3-9H,2H2,1H3,(H,17,18). The summed E-state index contributed by atoms with van der Waals surface area (Å²) >= 11 is 1.48. The molecule has 0 aliphatic heterocycles. The molecule has 0 aliphatic carbocycles. The maximum absolute atomic E-state index is 13.1. The molecule has 2 aromatic heterocycles. The van der Waals surface area contributed by atoms with Crippen molar-refractivity contribution < 1.29 is 12.8 Å². The molecule has 0 atom stereocenters. The lowest BCUT2D eigenvalue weighted by molar-refractivity contribution is 0.590. The summed E-state index contributed by atoms with van der Waals surface area (Å²) in [5.41, 5.74) is 1.81. The first-order valence-corrected chi connectivity index (χ1v) is 9.17. The Bertz CT molecular complexity index is 882.